The summed E-state index contributed by atoms with van der Waals surface area (Å²) in [5.74, 6) is 0.743. The second kappa shape index (κ2) is 9.32. The maximum atomic E-state index is 12.2. The minimum absolute atomic E-state index is 0.233. The van der Waals surface area contributed by atoms with Crippen LogP contribution in [0.1, 0.15) is 45.4 Å². The number of hydrogen-bond donors (Lipinski definition) is 2. The van der Waals surface area contributed by atoms with Crippen molar-refractivity contribution in [1.82, 2.24) is 24.4 Å². The van der Waals surface area contributed by atoms with Crippen LogP contribution in [0.4, 0.5) is 5.95 Å². The molecule has 0 bridgehead atoms. The Morgan fingerprint density at radius 2 is 1.93 bits per heavy atom. The molecule has 0 aliphatic carbocycles. The highest BCUT2D eigenvalue weighted by atomic mass is 16.3. The van der Waals surface area contributed by atoms with Crippen LogP contribution in [0.15, 0.2) is 11.1 Å². The third kappa shape index (κ3) is 4.87. The summed E-state index contributed by atoms with van der Waals surface area (Å²) in [4.78, 5) is 28.2. The molecule has 0 spiro atoms. The molecule has 3 heterocycles. The fourth-order valence-electron chi connectivity index (χ4n) is 3.64. The monoisotopic (exact) mass is 376 g/mol. The molecule has 0 saturated carbocycles. The highest BCUT2D eigenvalue weighted by Crippen LogP contribution is 2.21. The van der Waals surface area contributed by atoms with Crippen molar-refractivity contribution in [3.05, 3.63) is 16.7 Å². The normalized spacial score (nSPS) is 16.9. The largest absolute Gasteiger partial charge is 0.391 e. The minimum atomic E-state index is -0.462. The van der Waals surface area contributed by atoms with E-state index < -0.39 is 6.10 Å². The van der Waals surface area contributed by atoms with Crippen molar-refractivity contribution in [2.24, 2.45) is 0 Å². The van der Waals surface area contributed by atoms with E-state index in [0.717, 1.165) is 51.4 Å². The number of rotatable bonds is 9. The molecule has 2 N–H and O–H groups in total. The molecule has 1 aliphatic heterocycles. The first kappa shape index (κ1) is 19.8. The van der Waals surface area contributed by atoms with Gasteiger partial charge in [0.25, 0.3) is 5.56 Å². The Morgan fingerprint density at radius 3 is 2.67 bits per heavy atom. The topological polar surface area (TPSA) is 90.3 Å². The van der Waals surface area contributed by atoms with Gasteiger partial charge in [-0.25, -0.2) is 9.97 Å². The van der Waals surface area contributed by atoms with E-state index in [9.17, 15) is 9.90 Å². The number of aliphatic hydroxyl groups is 1. The van der Waals surface area contributed by atoms with Crippen LogP contribution in [0, 0.1) is 0 Å². The Bertz CT molecular complexity index is 778. The van der Waals surface area contributed by atoms with Crippen molar-refractivity contribution in [3.63, 3.8) is 0 Å². The van der Waals surface area contributed by atoms with Crippen molar-refractivity contribution >= 4 is 17.1 Å². The Morgan fingerprint density at radius 1 is 1.19 bits per heavy atom. The summed E-state index contributed by atoms with van der Waals surface area (Å²) in [6, 6.07) is 0. The molecule has 150 valence electrons. The van der Waals surface area contributed by atoms with Crippen LogP contribution in [-0.2, 0) is 6.54 Å². The molecule has 0 amide bonds. The third-order valence-electron chi connectivity index (χ3n) is 5.34. The van der Waals surface area contributed by atoms with E-state index in [4.69, 9.17) is 0 Å². The zero-order valence-electron chi connectivity index (χ0n) is 16.5. The number of unbranched alkanes of at least 4 members (excludes halogenated alkanes) is 4. The molecule has 8 nitrogen and oxygen atoms in total. The zero-order chi connectivity index (χ0) is 19.2. The van der Waals surface area contributed by atoms with Gasteiger partial charge in [0.15, 0.2) is 11.2 Å². The summed E-state index contributed by atoms with van der Waals surface area (Å²) in [6.45, 7) is 6.23. The molecule has 0 unspecified atom stereocenters. The molecule has 0 aromatic carbocycles. The number of nitrogens with one attached hydrogen (secondary N) is 1. The number of piperazine rings is 1. The van der Waals surface area contributed by atoms with Crippen molar-refractivity contribution in [2.75, 3.05) is 38.1 Å². The van der Waals surface area contributed by atoms with E-state index in [1.165, 1.54) is 25.6 Å². The Hall–Kier alpha value is -1.93. The summed E-state index contributed by atoms with van der Waals surface area (Å²) in [6.07, 6.45) is 7.57. The summed E-state index contributed by atoms with van der Waals surface area (Å²) < 4.78 is 1.92. The fourth-order valence-corrected chi connectivity index (χ4v) is 3.64. The molecule has 1 saturated heterocycles. The van der Waals surface area contributed by atoms with Crippen molar-refractivity contribution in [3.8, 4) is 0 Å². The first-order valence-electron chi connectivity index (χ1n) is 10.2. The summed E-state index contributed by atoms with van der Waals surface area (Å²) >= 11 is 0. The average molecular weight is 377 g/mol. The number of nitrogens with zero attached hydrogens (tertiary/aromatic N) is 5. The first-order valence-corrected chi connectivity index (χ1v) is 10.2. The molecule has 1 atom stereocenters. The lowest BCUT2D eigenvalue weighted by atomic mass is 10.1. The predicted octanol–water partition coefficient (Wildman–Crippen LogP) is 1.59. The predicted molar refractivity (Wildman–Crippen MR) is 107 cm³/mol. The Kier molecular flexibility index (Phi) is 6.84. The molecule has 8 heteroatoms. The standard InChI is InChI=1S/C19H32N6O2/c1-3-4-5-6-7-8-15(26)13-25-17-16(18(27)21-14-20-17)22-19(25)24-11-9-23(2)10-12-24/h14-15,26H,3-13H2,1-2H3,(H,20,21,27)/t15-/m1/s1. The van der Waals surface area contributed by atoms with Crippen LogP contribution >= 0.6 is 0 Å². The third-order valence-corrected chi connectivity index (χ3v) is 5.34. The van der Waals surface area contributed by atoms with Gasteiger partial charge in [-0.2, -0.15) is 0 Å². The molecule has 1 fully saturated rings. The van der Waals surface area contributed by atoms with Crippen LogP contribution in [0.2, 0.25) is 0 Å². The summed E-state index contributed by atoms with van der Waals surface area (Å²) in [7, 11) is 2.11. The van der Waals surface area contributed by atoms with Crippen molar-refractivity contribution < 1.29 is 5.11 Å². The van der Waals surface area contributed by atoms with Gasteiger partial charge < -0.3 is 19.9 Å². The molecule has 27 heavy (non-hydrogen) atoms. The highest BCUT2D eigenvalue weighted by Gasteiger charge is 2.23. The quantitative estimate of drug-likeness (QED) is 0.646. The van der Waals surface area contributed by atoms with Gasteiger partial charge in [-0.1, -0.05) is 39.0 Å². The number of H-pyrrole nitrogens is 1. The maximum Gasteiger partial charge on any atom is 0.278 e. The van der Waals surface area contributed by atoms with Gasteiger partial charge in [0.2, 0.25) is 5.95 Å². The molecule has 2 aromatic heterocycles. The van der Waals surface area contributed by atoms with Crippen LogP contribution in [0.5, 0.6) is 0 Å². The van der Waals surface area contributed by atoms with E-state index in [0.29, 0.717) is 17.7 Å². The number of aromatic amines is 1. The van der Waals surface area contributed by atoms with Gasteiger partial charge in [-0.3, -0.25) is 9.36 Å². The van der Waals surface area contributed by atoms with Crippen LogP contribution in [-0.4, -0.2) is 68.9 Å². The van der Waals surface area contributed by atoms with E-state index in [2.05, 4.69) is 38.7 Å². The van der Waals surface area contributed by atoms with Crippen LogP contribution in [0.3, 0.4) is 0 Å². The van der Waals surface area contributed by atoms with Gasteiger partial charge in [0.1, 0.15) is 0 Å². The SMILES string of the molecule is CCCCCCC[C@@H](O)Cn1c(N2CCN(C)CC2)nc2c(=O)[nH]cnc21. The number of aliphatic hydroxyl groups excluding tert-OH is 1. The average Bonchev–Trinajstić information content (AvgIpc) is 3.02. The Balaban J connectivity index is 1.77. The van der Waals surface area contributed by atoms with E-state index in [1.807, 2.05) is 4.57 Å². The fraction of sp³-hybridized carbons (Fsp3) is 0.737. The lowest BCUT2D eigenvalue weighted by molar-refractivity contribution is 0.142. The van der Waals surface area contributed by atoms with E-state index >= 15 is 0 Å². The van der Waals surface area contributed by atoms with Gasteiger partial charge >= 0.3 is 0 Å². The number of fused-ring (bicyclic) bond motifs is 1. The van der Waals surface area contributed by atoms with Crippen LogP contribution < -0.4 is 10.5 Å². The lowest BCUT2D eigenvalue weighted by Crippen LogP contribution is -2.45. The molecular weight excluding hydrogens is 344 g/mol. The molecule has 1 aliphatic rings. The maximum absolute atomic E-state index is 12.2. The summed E-state index contributed by atoms with van der Waals surface area (Å²) in [5.41, 5.74) is 0.669. The Labute approximate surface area is 160 Å². The van der Waals surface area contributed by atoms with Gasteiger partial charge in [-0.15, -0.1) is 0 Å². The van der Waals surface area contributed by atoms with E-state index in [-0.39, 0.29) is 5.56 Å². The number of aromatic nitrogens is 4. The second-order valence-electron chi connectivity index (χ2n) is 7.57. The smallest absolute Gasteiger partial charge is 0.278 e. The van der Waals surface area contributed by atoms with Crippen molar-refractivity contribution in [2.45, 2.75) is 58.1 Å². The molecular formula is C19H32N6O2. The van der Waals surface area contributed by atoms with E-state index in [1.54, 1.807) is 0 Å². The lowest BCUT2D eigenvalue weighted by Gasteiger charge is -2.33. The van der Waals surface area contributed by atoms with Gasteiger partial charge in [0, 0.05) is 26.2 Å². The number of likely N-dealkylation sites (N-methyl/N-ethyl adjacent to an activating group) is 1. The molecule has 2 aromatic rings. The number of anilines is 1. The molecule has 0 radical (unpaired) electrons. The summed E-state index contributed by atoms with van der Waals surface area (Å²) in [5, 5.41) is 10.6. The minimum Gasteiger partial charge on any atom is -0.391 e. The second-order valence-corrected chi connectivity index (χ2v) is 7.57. The highest BCUT2D eigenvalue weighted by molar-refractivity contribution is 5.73. The first-order chi connectivity index (χ1) is 13.1. The number of imidazole rings is 1. The zero-order valence-corrected chi connectivity index (χ0v) is 16.5. The molecule has 3 rings (SSSR count). The van der Waals surface area contributed by atoms with Gasteiger partial charge in [0.05, 0.1) is 19.0 Å². The van der Waals surface area contributed by atoms with Gasteiger partial charge in [-0.05, 0) is 13.5 Å². The van der Waals surface area contributed by atoms with Crippen LogP contribution in [0.25, 0.3) is 11.2 Å². The number of hydrogen-bond acceptors (Lipinski definition) is 6. The van der Waals surface area contributed by atoms with Crippen molar-refractivity contribution in [1.29, 1.82) is 0 Å².